The third-order valence-electron chi connectivity index (χ3n) is 4.49. The predicted molar refractivity (Wildman–Crippen MR) is 86.4 cm³/mol. The molecule has 0 amide bonds. The molecule has 0 aliphatic heterocycles. The molecule has 0 saturated heterocycles. The molecule has 3 heteroatoms. The summed E-state index contributed by atoms with van der Waals surface area (Å²) >= 11 is 6.03. The Hall–Kier alpha value is -1.28. The predicted octanol–water partition coefficient (Wildman–Crippen LogP) is 5.27. The zero-order chi connectivity index (χ0) is 13.9. The first-order valence-electron chi connectivity index (χ1n) is 7.57. The molecular formula is C17H21ClN2. The quantitative estimate of drug-likeness (QED) is 0.832. The molecule has 106 valence electrons. The van der Waals surface area contributed by atoms with Crippen LogP contribution in [-0.4, -0.2) is 11.0 Å². The number of fused-ring (bicyclic) bond motifs is 1. The summed E-state index contributed by atoms with van der Waals surface area (Å²) < 4.78 is 0. The summed E-state index contributed by atoms with van der Waals surface area (Å²) in [5.41, 5.74) is 2.15. The van der Waals surface area contributed by atoms with E-state index in [1.807, 2.05) is 18.3 Å². The largest absolute Gasteiger partial charge is 0.382 e. The highest BCUT2D eigenvalue weighted by Crippen LogP contribution is 2.31. The fourth-order valence-electron chi connectivity index (χ4n) is 3.18. The van der Waals surface area contributed by atoms with Crippen LogP contribution in [0.5, 0.6) is 0 Å². The summed E-state index contributed by atoms with van der Waals surface area (Å²) in [6.07, 6.45) is 8.43. The van der Waals surface area contributed by atoms with Crippen molar-refractivity contribution in [2.45, 2.75) is 45.1 Å². The molecule has 0 radical (unpaired) electrons. The van der Waals surface area contributed by atoms with Gasteiger partial charge >= 0.3 is 0 Å². The van der Waals surface area contributed by atoms with Crippen molar-refractivity contribution >= 4 is 28.2 Å². The van der Waals surface area contributed by atoms with Gasteiger partial charge in [-0.15, -0.1) is 0 Å². The van der Waals surface area contributed by atoms with Crippen LogP contribution in [0.2, 0.25) is 5.02 Å². The number of hydrogen-bond acceptors (Lipinski definition) is 2. The fraction of sp³-hybridized carbons (Fsp3) is 0.471. The summed E-state index contributed by atoms with van der Waals surface area (Å²) in [5.74, 6) is 0.932. The van der Waals surface area contributed by atoms with E-state index < -0.39 is 0 Å². The van der Waals surface area contributed by atoms with Crippen molar-refractivity contribution in [1.82, 2.24) is 4.98 Å². The average molecular weight is 289 g/mol. The topological polar surface area (TPSA) is 24.9 Å². The molecule has 3 rings (SSSR count). The van der Waals surface area contributed by atoms with Gasteiger partial charge in [-0.2, -0.15) is 0 Å². The Labute approximate surface area is 125 Å². The van der Waals surface area contributed by atoms with Crippen molar-refractivity contribution in [3.05, 3.63) is 35.5 Å². The molecule has 0 bridgehead atoms. The van der Waals surface area contributed by atoms with E-state index in [9.17, 15) is 0 Å². The minimum atomic E-state index is 0.596. The van der Waals surface area contributed by atoms with Gasteiger partial charge in [0.15, 0.2) is 0 Å². The van der Waals surface area contributed by atoms with Gasteiger partial charge in [0, 0.05) is 28.3 Å². The van der Waals surface area contributed by atoms with E-state index in [1.165, 1.54) is 37.8 Å². The molecule has 1 fully saturated rings. The Morgan fingerprint density at radius 3 is 2.75 bits per heavy atom. The number of aromatic nitrogens is 1. The van der Waals surface area contributed by atoms with E-state index in [4.69, 9.17) is 11.6 Å². The number of anilines is 1. The molecular weight excluding hydrogens is 268 g/mol. The van der Waals surface area contributed by atoms with Crippen molar-refractivity contribution in [2.24, 2.45) is 5.92 Å². The Morgan fingerprint density at radius 2 is 2.00 bits per heavy atom. The summed E-state index contributed by atoms with van der Waals surface area (Å²) in [5, 5.41) is 5.61. The van der Waals surface area contributed by atoms with Gasteiger partial charge in [-0.3, -0.25) is 4.98 Å². The van der Waals surface area contributed by atoms with Crippen molar-refractivity contribution in [2.75, 3.05) is 5.32 Å². The van der Waals surface area contributed by atoms with Crippen LogP contribution in [0, 0.1) is 5.92 Å². The maximum atomic E-state index is 6.03. The number of rotatable bonds is 3. The minimum absolute atomic E-state index is 0.596. The number of halogens is 1. The molecule has 1 N–H and O–H groups in total. The maximum absolute atomic E-state index is 6.03. The average Bonchev–Trinajstić information content (AvgIpc) is 2.48. The number of benzene rings is 1. The molecule has 1 aliphatic carbocycles. The van der Waals surface area contributed by atoms with E-state index in [-0.39, 0.29) is 0 Å². The molecule has 0 atom stereocenters. The summed E-state index contributed by atoms with van der Waals surface area (Å²) in [6.45, 7) is 2.30. The highest BCUT2D eigenvalue weighted by molar-refractivity contribution is 6.31. The first kappa shape index (κ1) is 13.7. The fourth-order valence-corrected chi connectivity index (χ4v) is 3.35. The van der Waals surface area contributed by atoms with Crippen LogP contribution in [0.25, 0.3) is 10.9 Å². The third-order valence-corrected chi connectivity index (χ3v) is 4.72. The second-order valence-electron chi connectivity index (χ2n) is 5.79. The van der Waals surface area contributed by atoms with Crippen LogP contribution in [0.4, 0.5) is 5.69 Å². The van der Waals surface area contributed by atoms with Gasteiger partial charge in [0.25, 0.3) is 0 Å². The van der Waals surface area contributed by atoms with E-state index in [2.05, 4.69) is 29.4 Å². The number of hydrogen-bond donors (Lipinski definition) is 1. The highest BCUT2D eigenvalue weighted by Gasteiger charge is 2.20. The molecule has 1 aromatic carbocycles. The number of nitrogens with zero attached hydrogens (tertiary/aromatic N) is 1. The molecule has 2 nitrogen and oxygen atoms in total. The lowest BCUT2D eigenvalue weighted by Crippen LogP contribution is -2.25. The molecule has 1 saturated carbocycles. The number of pyridine rings is 1. The summed E-state index contributed by atoms with van der Waals surface area (Å²) in [7, 11) is 0. The van der Waals surface area contributed by atoms with Crippen LogP contribution in [0.1, 0.15) is 39.0 Å². The SMILES string of the molecule is CCC1CCC(Nc2ccnc3cc(Cl)ccc23)CC1. The van der Waals surface area contributed by atoms with Crippen molar-refractivity contribution < 1.29 is 0 Å². The summed E-state index contributed by atoms with van der Waals surface area (Å²) in [6, 6.07) is 8.59. The Kier molecular flexibility index (Phi) is 4.11. The van der Waals surface area contributed by atoms with Crippen LogP contribution >= 0.6 is 11.6 Å². The molecule has 0 unspecified atom stereocenters. The van der Waals surface area contributed by atoms with Gasteiger partial charge in [0.2, 0.25) is 0 Å². The highest BCUT2D eigenvalue weighted by atomic mass is 35.5. The number of nitrogens with one attached hydrogen (secondary N) is 1. The van der Waals surface area contributed by atoms with Crippen LogP contribution < -0.4 is 5.32 Å². The van der Waals surface area contributed by atoms with Gasteiger partial charge in [0.05, 0.1) is 5.52 Å². The zero-order valence-electron chi connectivity index (χ0n) is 11.9. The van der Waals surface area contributed by atoms with Crippen molar-refractivity contribution in [3.8, 4) is 0 Å². The first-order chi connectivity index (χ1) is 9.76. The van der Waals surface area contributed by atoms with Gasteiger partial charge in [-0.25, -0.2) is 0 Å². The second kappa shape index (κ2) is 6.01. The molecule has 2 aromatic rings. The zero-order valence-corrected chi connectivity index (χ0v) is 12.7. The van der Waals surface area contributed by atoms with E-state index in [0.717, 1.165) is 21.8 Å². The molecule has 20 heavy (non-hydrogen) atoms. The molecule has 1 aromatic heterocycles. The lowest BCUT2D eigenvalue weighted by molar-refractivity contribution is 0.330. The van der Waals surface area contributed by atoms with Gasteiger partial charge in [-0.1, -0.05) is 24.9 Å². The van der Waals surface area contributed by atoms with Gasteiger partial charge < -0.3 is 5.32 Å². The van der Waals surface area contributed by atoms with Crippen LogP contribution in [0.15, 0.2) is 30.5 Å². The van der Waals surface area contributed by atoms with Crippen molar-refractivity contribution in [3.63, 3.8) is 0 Å². The smallest absolute Gasteiger partial charge is 0.0737 e. The van der Waals surface area contributed by atoms with Crippen LogP contribution in [-0.2, 0) is 0 Å². The summed E-state index contributed by atoms with van der Waals surface area (Å²) in [4.78, 5) is 4.40. The van der Waals surface area contributed by atoms with Gasteiger partial charge in [-0.05, 0) is 55.9 Å². The van der Waals surface area contributed by atoms with Gasteiger partial charge in [0.1, 0.15) is 0 Å². The molecule has 1 aliphatic rings. The second-order valence-corrected chi connectivity index (χ2v) is 6.23. The molecule has 1 heterocycles. The minimum Gasteiger partial charge on any atom is -0.382 e. The van der Waals surface area contributed by atoms with E-state index >= 15 is 0 Å². The monoisotopic (exact) mass is 288 g/mol. The molecule has 0 spiro atoms. The Morgan fingerprint density at radius 1 is 1.20 bits per heavy atom. The third kappa shape index (κ3) is 2.90. The first-order valence-corrected chi connectivity index (χ1v) is 7.95. The van der Waals surface area contributed by atoms with Crippen molar-refractivity contribution in [1.29, 1.82) is 0 Å². The van der Waals surface area contributed by atoms with E-state index in [1.54, 1.807) is 0 Å². The normalized spacial score (nSPS) is 22.9. The lowest BCUT2D eigenvalue weighted by atomic mass is 9.84. The lowest BCUT2D eigenvalue weighted by Gasteiger charge is -2.29. The van der Waals surface area contributed by atoms with E-state index in [0.29, 0.717) is 6.04 Å². The Bertz CT molecular complexity index is 589. The standard InChI is InChI=1S/C17H21ClN2/c1-2-12-3-6-14(7-4-12)20-16-9-10-19-17-11-13(18)5-8-15(16)17/h5,8-12,14H,2-4,6-7H2,1H3,(H,19,20). The van der Waals surface area contributed by atoms with Crippen LogP contribution in [0.3, 0.4) is 0 Å². The maximum Gasteiger partial charge on any atom is 0.0737 e. The Balaban J connectivity index is 1.78.